The third-order valence-corrected chi connectivity index (χ3v) is 5.76. The van der Waals surface area contributed by atoms with E-state index in [1.165, 1.54) is 0 Å². The number of morpholine rings is 1. The van der Waals surface area contributed by atoms with E-state index in [9.17, 15) is 13.2 Å². The first-order chi connectivity index (χ1) is 14.4. The highest BCUT2D eigenvalue weighted by atomic mass is 19.4. The van der Waals surface area contributed by atoms with Crippen molar-refractivity contribution in [2.75, 3.05) is 66.7 Å². The summed E-state index contributed by atoms with van der Waals surface area (Å²) in [7, 11) is 3.47. The Balaban J connectivity index is 1.70. The fraction of sp³-hybridized carbons (Fsp3) is 0.667. The second-order valence-corrected chi connectivity index (χ2v) is 7.77. The quantitative estimate of drug-likeness (QED) is 0.558. The van der Waals surface area contributed by atoms with Crippen LogP contribution in [0, 0.1) is 5.92 Å². The van der Waals surface area contributed by atoms with Crippen LogP contribution >= 0.6 is 0 Å². The Hall–Kier alpha value is -1.84. The number of halogens is 3. The number of benzene rings is 1. The minimum Gasteiger partial charge on any atom is -0.384 e. The van der Waals surface area contributed by atoms with E-state index in [1.54, 1.807) is 26.3 Å². The molecule has 0 aliphatic carbocycles. The molecule has 0 saturated carbocycles. The van der Waals surface area contributed by atoms with Gasteiger partial charge in [-0.3, -0.25) is 9.89 Å². The third-order valence-electron chi connectivity index (χ3n) is 5.76. The molecule has 0 aromatic heterocycles. The number of ether oxygens (including phenoxy) is 2. The van der Waals surface area contributed by atoms with Crippen LogP contribution in [0.3, 0.4) is 0 Å². The van der Waals surface area contributed by atoms with Gasteiger partial charge in [-0.05, 0) is 24.1 Å². The van der Waals surface area contributed by atoms with Crippen LogP contribution in [0.1, 0.15) is 23.6 Å². The monoisotopic (exact) mass is 428 g/mol. The zero-order valence-corrected chi connectivity index (χ0v) is 17.6. The molecule has 168 valence electrons. The molecule has 3 rings (SSSR count). The number of rotatable bonds is 6. The molecule has 2 heterocycles. The number of nitrogens with one attached hydrogen (secondary N) is 1. The van der Waals surface area contributed by atoms with Crippen molar-refractivity contribution in [1.29, 1.82) is 0 Å². The SMILES string of the molecule is CN=C(NCC(c1ccc(C(F)(F)F)cc1)N1CCOCC1)N1CCC(COC)C1. The molecular weight excluding hydrogens is 397 g/mol. The maximum absolute atomic E-state index is 13.0. The predicted octanol–water partition coefficient (Wildman–Crippen LogP) is 2.62. The van der Waals surface area contributed by atoms with Crippen LogP contribution in [0.5, 0.6) is 0 Å². The van der Waals surface area contributed by atoms with Crippen molar-refractivity contribution in [3.63, 3.8) is 0 Å². The van der Waals surface area contributed by atoms with Crippen LogP contribution in [0.15, 0.2) is 29.3 Å². The minimum absolute atomic E-state index is 0.0645. The van der Waals surface area contributed by atoms with Gasteiger partial charge >= 0.3 is 6.18 Å². The van der Waals surface area contributed by atoms with Gasteiger partial charge in [-0.1, -0.05) is 12.1 Å². The molecule has 9 heteroatoms. The summed E-state index contributed by atoms with van der Waals surface area (Å²) in [4.78, 5) is 8.89. The lowest BCUT2D eigenvalue weighted by molar-refractivity contribution is -0.137. The van der Waals surface area contributed by atoms with Crippen molar-refractivity contribution >= 4 is 5.96 Å². The summed E-state index contributed by atoms with van der Waals surface area (Å²) in [6.07, 6.45) is -3.28. The van der Waals surface area contributed by atoms with Crippen molar-refractivity contribution in [2.24, 2.45) is 10.9 Å². The number of guanidine groups is 1. The van der Waals surface area contributed by atoms with Crippen LogP contribution in [0.4, 0.5) is 13.2 Å². The van der Waals surface area contributed by atoms with E-state index in [1.807, 2.05) is 0 Å². The average molecular weight is 428 g/mol. The number of hydrogen-bond acceptors (Lipinski definition) is 4. The molecule has 1 aromatic carbocycles. The largest absolute Gasteiger partial charge is 0.416 e. The molecule has 2 unspecified atom stereocenters. The molecule has 0 spiro atoms. The molecule has 2 fully saturated rings. The van der Waals surface area contributed by atoms with Gasteiger partial charge in [-0.15, -0.1) is 0 Å². The van der Waals surface area contributed by atoms with Gasteiger partial charge in [0.1, 0.15) is 0 Å². The maximum atomic E-state index is 13.0. The molecule has 2 saturated heterocycles. The highest BCUT2D eigenvalue weighted by molar-refractivity contribution is 5.80. The van der Waals surface area contributed by atoms with Gasteiger partial charge in [-0.2, -0.15) is 13.2 Å². The Morgan fingerprint density at radius 2 is 1.93 bits per heavy atom. The number of aliphatic imine (C=N–C) groups is 1. The molecular formula is C21H31F3N4O2. The summed E-state index contributed by atoms with van der Waals surface area (Å²) in [5, 5.41) is 3.45. The third kappa shape index (κ3) is 5.86. The van der Waals surface area contributed by atoms with Crippen LogP contribution in [-0.4, -0.2) is 82.5 Å². The normalized spacial score (nSPS) is 22.4. The lowest BCUT2D eigenvalue weighted by Gasteiger charge is -2.36. The Labute approximate surface area is 176 Å². The van der Waals surface area contributed by atoms with E-state index >= 15 is 0 Å². The molecule has 2 aliphatic rings. The van der Waals surface area contributed by atoms with Gasteiger partial charge in [0.2, 0.25) is 0 Å². The maximum Gasteiger partial charge on any atom is 0.416 e. The molecule has 0 bridgehead atoms. The molecule has 30 heavy (non-hydrogen) atoms. The predicted molar refractivity (Wildman–Crippen MR) is 109 cm³/mol. The van der Waals surface area contributed by atoms with Gasteiger partial charge in [0.15, 0.2) is 5.96 Å². The van der Waals surface area contributed by atoms with Crippen LogP contribution < -0.4 is 5.32 Å². The lowest BCUT2D eigenvalue weighted by atomic mass is 10.0. The summed E-state index contributed by atoms with van der Waals surface area (Å²) in [5.41, 5.74) is 0.225. The van der Waals surface area contributed by atoms with Crippen LogP contribution in [0.2, 0.25) is 0 Å². The van der Waals surface area contributed by atoms with Gasteiger partial charge in [-0.25, -0.2) is 0 Å². The van der Waals surface area contributed by atoms with E-state index in [-0.39, 0.29) is 6.04 Å². The van der Waals surface area contributed by atoms with Crippen molar-refractivity contribution in [3.8, 4) is 0 Å². The highest BCUT2D eigenvalue weighted by Gasteiger charge is 2.31. The van der Waals surface area contributed by atoms with E-state index in [0.29, 0.717) is 25.7 Å². The minimum atomic E-state index is -4.33. The van der Waals surface area contributed by atoms with Crippen molar-refractivity contribution in [3.05, 3.63) is 35.4 Å². The first-order valence-corrected chi connectivity index (χ1v) is 10.4. The Kier molecular flexibility index (Phi) is 7.96. The zero-order chi connectivity index (χ0) is 21.6. The Bertz CT molecular complexity index is 690. The van der Waals surface area contributed by atoms with Crippen molar-refractivity contribution in [1.82, 2.24) is 15.1 Å². The number of hydrogen-bond donors (Lipinski definition) is 1. The van der Waals surface area contributed by atoms with Crippen molar-refractivity contribution in [2.45, 2.75) is 18.6 Å². The standard InChI is InChI=1S/C21H31F3N4O2/c1-25-20(28-8-7-16(14-28)15-29-2)26-13-19(27-9-11-30-12-10-27)17-3-5-18(6-4-17)21(22,23)24/h3-6,16,19H,7-15H2,1-2H3,(H,25,26). The molecule has 2 atom stereocenters. The number of methoxy groups -OCH3 is 1. The Morgan fingerprint density at radius 1 is 1.23 bits per heavy atom. The van der Waals surface area contributed by atoms with Gasteiger partial charge in [0.25, 0.3) is 0 Å². The summed E-state index contributed by atoms with van der Waals surface area (Å²) < 4.78 is 49.6. The number of alkyl halides is 3. The average Bonchev–Trinajstić information content (AvgIpc) is 3.20. The zero-order valence-electron chi connectivity index (χ0n) is 17.6. The molecule has 6 nitrogen and oxygen atoms in total. The van der Waals surface area contributed by atoms with Gasteiger partial charge < -0.3 is 19.7 Å². The lowest BCUT2D eigenvalue weighted by Crippen LogP contribution is -2.47. The fourth-order valence-corrected chi connectivity index (χ4v) is 4.16. The van der Waals surface area contributed by atoms with E-state index in [0.717, 1.165) is 62.9 Å². The molecule has 1 aromatic rings. The summed E-state index contributed by atoms with van der Waals surface area (Å²) in [5.74, 6) is 1.30. The van der Waals surface area contributed by atoms with E-state index < -0.39 is 11.7 Å². The molecule has 0 radical (unpaired) electrons. The number of likely N-dealkylation sites (tertiary alicyclic amines) is 1. The fourth-order valence-electron chi connectivity index (χ4n) is 4.16. The highest BCUT2D eigenvalue weighted by Crippen LogP contribution is 2.31. The van der Waals surface area contributed by atoms with E-state index in [4.69, 9.17) is 9.47 Å². The van der Waals surface area contributed by atoms with Crippen LogP contribution in [0.25, 0.3) is 0 Å². The smallest absolute Gasteiger partial charge is 0.384 e. The topological polar surface area (TPSA) is 49.3 Å². The van der Waals surface area contributed by atoms with Crippen LogP contribution in [-0.2, 0) is 15.7 Å². The first-order valence-electron chi connectivity index (χ1n) is 10.4. The summed E-state index contributed by atoms with van der Waals surface area (Å²) in [6, 6.07) is 5.42. The summed E-state index contributed by atoms with van der Waals surface area (Å²) >= 11 is 0. The number of nitrogens with zero attached hydrogens (tertiary/aromatic N) is 3. The van der Waals surface area contributed by atoms with Gasteiger partial charge in [0.05, 0.1) is 31.4 Å². The first kappa shape index (κ1) is 22.8. The molecule has 2 aliphatic heterocycles. The van der Waals surface area contributed by atoms with Crippen molar-refractivity contribution < 1.29 is 22.6 Å². The molecule has 0 amide bonds. The second kappa shape index (κ2) is 10.5. The Morgan fingerprint density at radius 3 is 2.53 bits per heavy atom. The van der Waals surface area contributed by atoms with E-state index in [2.05, 4.69) is 20.1 Å². The molecule has 1 N–H and O–H groups in total. The second-order valence-electron chi connectivity index (χ2n) is 7.77. The summed E-state index contributed by atoms with van der Waals surface area (Å²) in [6.45, 7) is 5.82. The van der Waals surface area contributed by atoms with Gasteiger partial charge in [0, 0.05) is 52.8 Å².